The van der Waals surface area contributed by atoms with Gasteiger partial charge in [0.2, 0.25) is 5.88 Å². The first-order valence-electron chi connectivity index (χ1n) is 3.72. The molecule has 0 aliphatic heterocycles. The van der Waals surface area contributed by atoms with Gasteiger partial charge in [-0.3, -0.25) is 5.32 Å². The maximum atomic E-state index is 11.0. The van der Waals surface area contributed by atoms with Crippen LogP contribution in [0.15, 0.2) is 21.2 Å². The van der Waals surface area contributed by atoms with Gasteiger partial charge in [0.15, 0.2) is 4.67 Å². The molecule has 6 heteroatoms. The molecule has 1 aromatic heterocycles. The molecule has 0 spiro atoms. The third-order valence-electron chi connectivity index (χ3n) is 1.24. The zero-order valence-corrected chi connectivity index (χ0v) is 8.43. The van der Waals surface area contributed by atoms with Crippen LogP contribution < -0.4 is 16.4 Å². The first kappa shape index (κ1) is 10.1. The monoisotopic (exact) mass is 247 g/mol. The second-order valence-electron chi connectivity index (χ2n) is 2.27. The summed E-state index contributed by atoms with van der Waals surface area (Å²) in [6.07, 6.45) is 0. The topological polar surface area (TPSA) is 80.3 Å². The van der Waals surface area contributed by atoms with E-state index in [0.717, 1.165) is 0 Å². The van der Waals surface area contributed by atoms with Crippen molar-refractivity contribution in [1.82, 2.24) is 5.32 Å². The highest BCUT2D eigenvalue weighted by Gasteiger charge is 2.03. The fourth-order valence-corrected chi connectivity index (χ4v) is 1.03. The van der Waals surface area contributed by atoms with Crippen molar-refractivity contribution in [3.63, 3.8) is 0 Å². The SMILES string of the molecule is NCCNC(=O)Nc1ccc(Br)o1. The van der Waals surface area contributed by atoms with Gasteiger partial charge in [-0.25, -0.2) is 4.79 Å². The lowest BCUT2D eigenvalue weighted by atomic mass is 10.6. The van der Waals surface area contributed by atoms with Gasteiger partial charge in [-0.2, -0.15) is 0 Å². The summed E-state index contributed by atoms with van der Waals surface area (Å²) >= 11 is 3.12. The van der Waals surface area contributed by atoms with Crippen molar-refractivity contribution in [2.45, 2.75) is 0 Å². The van der Waals surface area contributed by atoms with Gasteiger partial charge < -0.3 is 15.5 Å². The molecule has 0 aliphatic carbocycles. The molecule has 13 heavy (non-hydrogen) atoms. The van der Waals surface area contributed by atoms with Crippen LogP contribution in [0.2, 0.25) is 0 Å². The minimum Gasteiger partial charge on any atom is -0.434 e. The van der Waals surface area contributed by atoms with Crippen molar-refractivity contribution < 1.29 is 9.21 Å². The highest BCUT2D eigenvalue weighted by Crippen LogP contribution is 2.17. The highest BCUT2D eigenvalue weighted by molar-refractivity contribution is 9.10. The van der Waals surface area contributed by atoms with Crippen molar-refractivity contribution in [2.24, 2.45) is 5.73 Å². The van der Waals surface area contributed by atoms with Crippen LogP contribution >= 0.6 is 15.9 Å². The number of furan rings is 1. The standard InChI is InChI=1S/C7H10BrN3O2/c8-5-1-2-6(13-5)11-7(12)10-4-3-9/h1-2H,3-4,9H2,(H2,10,11,12). The normalized spacial score (nSPS) is 9.69. The Morgan fingerprint density at radius 2 is 2.38 bits per heavy atom. The number of hydrogen-bond acceptors (Lipinski definition) is 3. The molecule has 0 bridgehead atoms. The van der Waals surface area contributed by atoms with E-state index < -0.39 is 0 Å². The number of urea groups is 1. The van der Waals surface area contributed by atoms with Gasteiger partial charge in [-0.1, -0.05) is 0 Å². The van der Waals surface area contributed by atoms with Crippen molar-refractivity contribution in [1.29, 1.82) is 0 Å². The van der Waals surface area contributed by atoms with Crippen LogP contribution in [0.4, 0.5) is 10.7 Å². The smallest absolute Gasteiger partial charge is 0.321 e. The average molecular weight is 248 g/mol. The van der Waals surface area contributed by atoms with Crippen LogP contribution in [0.1, 0.15) is 0 Å². The number of rotatable bonds is 3. The Bertz CT molecular complexity index is 287. The van der Waals surface area contributed by atoms with Gasteiger partial charge in [0.1, 0.15) is 0 Å². The van der Waals surface area contributed by atoms with Crippen LogP contribution in [0.3, 0.4) is 0 Å². The zero-order valence-electron chi connectivity index (χ0n) is 6.84. The molecule has 1 rings (SSSR count). The Kier molecular flexibility index (Phi) is 3.78. The van der Waals surface area contributed by atoms with Gasteiger partial charge in [0, 0.05) is 19.2 Å². The molecule has 0 radical (unpaired) electrons. The summed E-state index contributed by atoms with van der Waals surface area (Å²) in [7, 11) is 0. The van der Waals surface area contributed by atoms with Crippen molar-refractivity contribution >= 4 is 27.8 Å². The summed E-state index contributed by atoms with van der Waals surface area (Å²) in [5, 5.41) is 5.03. The van der Waals surface area contributed by atoms with Crippen LogP contribution in [-0.2, 0) is 0 Å². The molecule has 1 aromatic rings. The summed E-state index contributed by atoms with van der Waals surface area (Å²) in [6.45, 7) is 0.850. The van der Waals surface area contributed by atoms with E-state index in [0.29, 0.717) is 23.6 Å². The fourth-order valence-electron chi connectivity index (χ4n) is 0.723. The molecule has 5 nitrogen and oxygen atoms in total. The van der Waals surface area contributed by atoms with E-state index >= 15 is 0 Å². The highest BCUT2D eigenvalue weighted by atomic mass is 79.9. The summed E-state index contributed by atoms with van der Waals surface area (Å²) < 4.78 is 5.62. The largest absolute Gasteiger partial charge is 0.434 e. The Morgan fingerprint density at radius 1 is 1.62 bits per heavy atom. The van der Waals surface area contributed by atoms with Crippen LogP contribution in [0.5, 0.6) is 0 Å². The number of hydrogen-bond donors (Lipinski definition) is 3. The molecule has 2 amide bonds. The second-order valence-corrected chi connectivity index (χ2v) is 3.05. The number of nitrogens with two attached hydrogens (primary N) is 1. The van der Waals surface area contributed by atoms with E-state index in [1.807, 2.05) is 0 Å². The molecule has 4 N–H and O–H groups in total. The maximum Gasteiger partial charge on any atom is 0.321 e. The predicted octanol–water partition coefficient (Wildman–Crippen LogP) is 1.12. The number of amides is 2. The summed E-state index contributed by atoms with van der Waals surface area (Å²) in [5.41, 5.74) is 5.20. The number of nitrogens with one attached hydrogen (secondary N) is 2. The van der Waals surface area contributed by atoms with Gasteiger partial charge in [0.25, 0.3) is 0 Å². The van der Waals surface area contributed by atoms with Crippen LogP contribution in [0, 0.1) is 0 Å². The molecule has 72 valence electrons. The lowest BCUT2D eigenvalue weighted by Crippen LogP contribution is -2.32. The summed E-state index contributed by atoms with van der Waals surface area (Å²) in [6, 6.07) is 3.01. The van der Waals surface area contributed by atoms with Gasteiger partial charge >= 0.3 is 6.03 Å². The van der Waals surface area contributed by atoms with Crippen molar-refractivity contribution in [3.05, 3.63) is 16.8 Å². The molecule has 0 saturated heterocycles. The first-order chi connectivity index (χ1) is 6.22. The maximum absolute atomic E-state index is 11.0. The minimum absolute atomic E-state index is 0.327. The van der Waals surface area contributed by atoms with E-state index in [2.05, 4.69) is 26.6 Å². The zero-order chi connectivity index (χ0) is 9.68. The first-order valence-corrected chi connectivity index (χ1v) is 4.52. The number of carbonyl (C=O) groups is 1. The number of anilines is 1. The Balaban J connectivity index is 2.36. The van der Waals surface area contributed by atoms with Gasteiger partial charge in [-0.15, -0.1) is 0 Å². The molecule has 0 aromatic carbocycles. The molecule has 1 heterocycles. The lowest BCUT2D eigenvalue weighted by molar-refractivity contribution is 0.251. The Morgan fingerprint density at radius 3 is 2.92 bits per heavy atom. The molecule has 0 fully saturated rings. The van der Waals surface area contributed by atoms with Crippen LogP contribution in [-0.4, -0.2) is 19.1 Å². The summed E-state index contributed by atoms with van der Waals surface area (Å²) in [4.78, 5) is 11.0. The Hall–Kier alpha value is -1.01. The van der Waals surface area contributed by atoms with E-state index in [4.69, 9.17) is 10.2 Å². The third-order valence-corrected chi connectivity index (χ3v) is 1.67. The molecule has 0 unspecified atom stereocenters. The third kappa shape index (κ3) is 3.47. The molecular weight excluding hydrogens is 238 g/mol. The lowest BCUT2D eigenvalue weighted by Gasteiger charge is -2.02. The Labute approximate surface area is 83.8 Å². The van der Waals surface area contributed by atoms with E-state index in [1.165, 1.54) is 0 Å². The predicted molar refractivity (Wildman–Crippen MR) is 52.5 cm³/mol. The van der Waals surface area contributed by atoms with Gasteiger partial charge in [-0.05, 0) is 22.0 Å². The molecular formula is C7H10BrN3O2. The number of halogens is 1. The molecule has 0 aliphatic rings. The van der Waals surface area contributed by atoms with Crippen molar-refractivity contribution in [2.75, 3.05) is 18.4 Å². The second kappa shape index (κ2) is 4.88. The quantitative estimate of drug-likeness (QED) is 0.749. The van der Waals surface area contributed by atoms with Crippen molar-refractivity contribution in [3.8, 4) is 0 Å². The fraction of sp³-hybridized carbons (Fsp3) is 0.286. The van der Waals surface area contributed by atoms with Crippen LogP contribution in [0.25, 0.3) is 0 Å². The average Bonchev–Trinajstić information content (AvgIpc) is 2.48. The van der Waals surface area contributed by atoms with E-state index in [9.17, 15) is 4.79 Å². The molecule has 0 saturated carbocycles. The summed E-state index contributed by atoms with van der Waals surface area (Å²) in [5.74, 6) is 0.390. The minimum atomic E-state index is -0.327. The number of carbonyl (C=O) groups excluding carboxylic acids is 1. The van der Waals surface area contributed by atoms with Gasteiger partial charge in [0.05, 0.1) is 0 Å². The van der Waals surface area contributed by atoms with E-state index in [-0.39, 0.29) is 6.03 Å². The van der Waals surface area contributed by atoms with E-state index in [1.54, 1.807) is 12.1 Å². The molecule has 0 atom stereocenters.